The fraction of sp³-hybridized carbons (Fsp3) is 0. The largest absolute Gasteiger partial charge is 0.478 e. The maximum atomic E-state index is 12.2. The molecule has 2 aromatic carbocycles. The third kappa shape index (κ3) is 3.84. The van der Waals surface area contributed by atoms with Crippen molar-refractivity contribution in [1.29, 1.82) is 0 Å². The summed E-state index contributed by atoms with van der Waals surface area (Å²) in [6.45, 7) is 0. The van der Waals surface area contributed by atoms with Gasteiger partial charge in [-0.25, -0.2) is 4.79 Å². The Morgan fingerprint density at radius 1 is 1.05 bits per heavy atom. The zero-order chi connectivity index (χ0) is 15.6. The lowest BCUT2D eigenvalue weighted by molar-refractivity contribution is 0.0695. The van der Waals surface area contributed by atoms with Crippen LogP contribution in [-0.4, -0.2) is 17.0 Å². The van der Waals surface area contributed by atoms with Crippen LogP contribution in [0.15, 0.2) is 45.3 Å². The number of anilines is 1. The van der Waals surface area contributed by atoms with Gasteiger partial charge in [-0.3, -0.25) is 4.79 Å². The molecule has 0 fully saturated rings. The summed E-state index contributed by atoms with van der Waals surface area (Å²) in [4.78, 5) is 23.2. The Balaban J connectivity index is 2.29. The van der Waals surface area contributed by atoms with Gasteiger partial charge in [0, 0.05) is 14.6 Å². The molecule has 108 valence electrons. The molecule has 1 amide bonds. The topological polar surface area (TPSA) is 66.4 Å². The van der Waals surface area contributed by atoms with Gasteiger partial charge in [-0.1, -0.05) is 27.5 Å². The first-order chi connectivity index (χ1) is 9.88. The molecule has 4 nitrogen and oxygen atoms in total. The van der Waals surface area contributed by atoms with Crippen LogP contribution in [0.2, 0.25) is 5.02 Å². The highest BCUT2D eigenvalue weighted by molar-refractivity contribution is 9.10. The SMILES string of the molecule is O=C(Nc1ccc(Br)c(C(=O)O)c1)c1cc(Br)ccc1Cl. The van der Waals surface area contributed by atoms with Crippen molar-refractivity contribution < 1.29 is 14.7 Å². The molecule has 0 radical (unpaired) electrons. The number of hydrogen-bond acceptors (Lipinski definition) is 2. The summed E-state index contributed by atoms with van der Waals surface area (Å²) in [6, 6.07) is 9.44. The van der Waals surface area contributed by atoms with Crippen molar-refractivity contribution in [2.75, 3.05) is 5.32 Å². The monoisotopic (exact) mass is 431 g/mol. The van der Waals surface area contributed by atoms with E-state index in [2.05, 4.69) is 37.2 Å². The molecule has 0 aliphatic heterocycles. The average molecular weight is 433 g/mol. The molecular formula is C14H8Br2ClNO3. The third-order valence-corrected chi connectivity index (χ3v) is 4.14. The molecule has 0 aliphatic carbocycles. The molecule has 0 heterocycles. The van der Waals surface area contributed by atoms with E-state index in [9.17, 15) is 9.59 Å². The fourth-order valence-electron chi connectivity index (χ4n) is 1.64. The van der Waals surface area contributed by atoms with Crippen LogP contribution in [0, 0.1) is 0 Å². The number of carbonyl (C=O) groups excluding carboxylic acids is 1. The summed E-state index contributed by atoms with van der Waals surface area (Å²) in [7, 11) is 0. The molecule has 0 aliphatic rings. The van der Waals surface area contributed by atoms with E-state index in [1.807, 2.05) is 0 Å². The molecule has 0 saturated carbocycles. The molecule has 7 heteroatoms. The summed E-state index contributed by atoms with van der Waals surface area (Å²) < 4.78 is 1.16. The molecule has 0 aromatic heterocycles. The number of rotatable bonds is 3. The van der Waals surface area contributed by atoms with Gasteiger partial charge in [-0.2, -0.15) is 0 Å². The summed E-state index contributed by atoms with van der Waals surface area (Å²) >= 11 is 12.4. The predicted octanol–water partition coefficient (Wildman–Crippen LogP) is 4.82. The van der Waals surface area contributed by atoms with E-state index in [-0.39, 0.29) is 5.56 Å². The molecule has 0 unspecified atom stereocenters. The second kappa shape index (κ2) is 6.60. The third-order valence-electron chi connectivity index (χ3n) is 2.63. The predicted molar refractivity (Wildman–Crippen MR) is 88.2 cm³/mol. The maximum absolute atomic E-state index is 12.2. The summed E-state index contributed by atoms with van der Waals surface area (Å²) in [5, 5.41) is 12.0. The number of amides is 1. The highest BCUT2D eigenvalue weighted by atomic mass is 79.9. The number of halogens is 3. The Bertz CT molecular complexity index is 734. The van der Waals surface area contributed by atoms with Gasteiger partial charge in [0.2, 0.25) is 0 Å². The second-order valence-electron chi connectivity index (χ2n) is 4.08. The van der Waals surface area contributed by atoms with Gasteiger partial charge in [-0.15, -0.1) is 0 Å². The molecule has 0 saturated heterocycles. The zero-order valence-electron chi connectivity index (χ0n) is 10.4. The Hall–Kier alpha value is -1.37. The first kappa shape index (κ1) is 16.0. The Kier molecular flexibility index (Phi) is 5.03. The summed E-state index contributed by atoms with van der Waals surface area (Å²) in [6.07, 6.45) is 0. The Morgan fingerprint density at radius 3 is 2.43 bits per heavy atom. The highest BCUT2D eigenvalue weighted by Crippen LogP contribution is 2.24. The van der Waals surface area contributed by atoms with Crippen molar-refractivity contribution in [2.45, 2.75) is 0 Å². The van der Waals surface area contributed by atoms with Crippen molar-refractivity contribution in [3.05, 3.63) is 61.5 Å². The lowest BCUT2D eigenvalue weighted by Gasteiger charge is -2.09. The molecule has 21 heavy (non-hydrogen) atoms. The van der Waals surface area contributed by atoms with Crippen molar-refractivity contribution in [1.82, 2.24) is 0 Å². The zero-order valence-corrected chi connectivity index (χ0v) is 14.3. The normalized spacial score (nSPS) is 10.2. The van der Waals surface area contributed by atoms with E-state index in [0.717, 1.165) is 4.47 Å². The molecule has 0 spiro atoms. The van der Waals surface area contributed by atoms with Crippen LogP contribution in [0.1, 0.15) is 20.7 Å². The van der Waals surface area contributed by atoms with Gasteiger partial charge >= 0.3 is 5.97 Å². The minimum absolute atomic E-state index is 0.0631. The Labute approximate surface area is 142 Å². The van der Waals surface area contributed by atoms with Crippen LogP contribution >= 0.6 is 43.5 Å². The molecule has 0 bridgehead atoms. The number of aromatic carboxylic acids is 1. The van der Waals surface area contributed by atoms with Crippen LogP contribution in [0.5, 0.6) is 0 Å². The summed E-state index contributed by atoms with van der Waals surface area (Å²) in [5.74, 6) is -1.50. The smallest absolute Gasteiger partial charge is 0.336 e. The van der Waals surface area contributed by atoms with E-state index in [0.29, 0.717) is 20.7 Å². The minimum Gasteiger partial charge on any atom is -0.478 e. The van der Waals surface area contributed by atoms with Crippen LogP contribution in [-0.2, 0) is 0 Å². The van der Waals surface area contributed by atoms with Gasteiger partial charge in [0.1, 0.15) is 0 Å². The van der Waals surface area contributed by atoms with Crippen LogP contribution < -0.4 is 5.32 Å². The van der Waals surface area contributed by atoms with Crippen LogP contribution in [0.4, 0.5) is 5.69 Å². The van der Waals surface area contributed by atoms with Gasteiger partial charge in [0.15, 0.2) is 0 Å². The van der Waals surface area contributed by atoms with E-state index in [1.54, 1.807) is 30.3 Å². The van der Waals surface area contributed by atoms with E-state index in [4.69, 9.17) is 16.7 Å². The highest BCUT2D eigenvalue weighted by Gasteiger charge is 2.14. The standard InChI is InChI=1S/C14H8Br2ClNO3/c15-7-1-4-12(17)10(5-7)13(19)18-8-2-3-11(16)9(6-8)14(20)21/h1-6H,(H,18,19)(H,20,21). The lowest BCUT2D eigenvalue weighted by Crippen LogP contribution is -2.13. The van der Waals surface area contributed by atoms with Gasteiger partial charge < -0.3 is 10.4 Å². The van der Waals surface area contributed by atoms with Gasteiger partial charge in [-0.05, 0) is 52.3 Å². The number of hydrogen-bond donors (Lipinski definition) is 2. The molecule has 2 rings (SSSR count). The summed E-state index contributed by atoms with van der Waals surface area (Å²) in [5.41, 5.74) is 0.732. The Morgan fingerprint density at radius 2 is 1.76 bits per heavy atom. The van der Waals surface area contributed by atoms with E-state index >= 15 is 0 Å². The maximum Gasteiger partial charge on any atom is 0.336 e. The number of nitrogens with one attached hydrogen (secondary N) is 1. The number of carbonyl (C=O) groups is 2. The first-order valence-electron chi connectivity index (χ1n) is 5.67. The van der Waals surface area contributed by atoms with Crippen LogP contribution in [0.3, 0.4) is 0 Å². The number of carboxylic acids is 1. The van der Waals surface area contributed by atoms with E-state index < -0.39 is 11.9 Å². The molecule has 0 atom stereocenters. The number of benzene rings is 2. The quantitative estimate of drug-likeness (QED) is 0.730. The molecular weight excluding hydrogens is 425 g/mol. The minimum atomic E-state index is -1.08. The van der Waals surface area contributed by atoms with Crippen molar-refractivity contribution >= 4 is 61.0 Å². The lowest BCUT2D eigenvalue weighted by atomic mass is 10.1. The molecule has 2 N–H and O–H groups in total. The van der Waals surface area contributed by atoms with Crippen molar-refractivity contribution in [3.63, 3.8) is 0 Å². The molecule has 2 aromatic rings. The van der Waals surface area contributed by atoms with Gasteiger partial charge in [0.05, 0.1) is 16.1 Å². The van der Waals surface area contributed by atoms with Crippen molar-refractivity contribution in [3.8, 4) is 0 Å². The average Bonchev–Trinajstić information content (AvgIpc) is 2.43. The fourth-order valence-corrected chi connectivity index (χ4v) is 2.62. The van der Waals surface area contributed by atoms with Gasteiger partial charge in [0.25, 0.3) is 5.91 Å². The van der Waals surface area contributed by atoms with Crippen molar-refractivity contribution in [2.24, 2.45) is 0 Å². The van der Waals surface area contributed by atoms with Crippen LogP contribution in [0.25, 0.3) is 0 Å². The number of carboxylic acid groups (broad SMARTS) is 1. The second-order valence-corrected chi connectivity index (χ2v) is 6.26. The first-order valence-corrected chi connectivity index (χ1v) is 7.64. The van der Waals surface area contributed by atoms with E-state index in [1.165, 1.54) is 6.07 Å².